The Morgan fingerprint density at radius 1 is 0.429 bits per heavy atom. The zero-order chi connectivity index (χ0) is 32.1. The minimum absolute atomic E-state index is 0.569. The molecule has 11 rings (SSSR count). The number of nitrogens with zero attached hydrogens (tertiary/aromatic N) is 4. The van der Waals surface area contributed by atoms with Crippen LogP contribution in [-0.2, 0) is 0 Å². The van der Waals surface area contributed by atoms with Crippen LogP contribution in [0.15, 0.2) is 162 Å². The SMILES string of the molecule is c1ccc(-n2c3ccccc3c3cc(-c4nc(-n5c6ccccc6c6cc7ccccc7cc65)nc5oc6ccccc6c45)ccc32)cc1. The summed E-state index contributed by atoms with van der Waals surface area (Å²) in [6, 6.07) is 55.5. The summed E-state index contributed by atoms with van der Waals surface area (Å²) < 4.78 is 11.0. The second kappa shape index (κ2) is 9.89. The molecule has 0 aliphatic heterocycles. The molecule has 0 bridgehead atoms. The number of hydrogen-bond acceptors (Lipinski definition) is 3. The number of para-hydroxylation sites is 4. The molecule has 0 unspecified atom stereocenters. The third-order valence-corrected chi connectivity index (χ3v) is 9.93. The lowest BCUT2D eigenvalue weighted by Gasteiger charge is -2.11. The molecule has 0 N–H and O–H groups in total. The molecule has 0 saturated carbocycles. The predicted octanol–water partition coefficient (Wildman–Crippen LogP) is 11.4. The number of benzene rings is 7. The van der Waals surface area contributed by atoms with Crippen molar-refractivity contribution in [3.8, 4) is 22.9 Å². The molecule has 0 saturated heterocycles. The molecule has 0 atom stereocenters. The van der Waals surface area contributed by atoms with Gasteiger partial charge in [-0.05, 0) is 65.4 Å². The lowest BCUT2D eigenvalue weighted by molar-refractivity contribution is 0.651. The van der Waals surface area contributed by atoms with E-state index in [0.717, 1.165) is 55.2 Å². The summed E-state index contributed by atoms with van der Waals surface area (Å²) in [5.41, 5.74) is 8.77. The largest absolute Gasteiger partial charge is 0.437 e. The highest BCUT2D eigenvalue weighted by atomic mass is 16.3. The molecule has 11 aromatic rings. The monoisotopic (exact) mass is 626 g/mol. The van der Waals surface area contributed by atoms with Gasteiger partial charge in [0.25, 0.3) is 0 Å². The summed E-state index contributed by atoms with van der Waals surface area (Å²) in [6.07, 6.45) is 0. The highest BCUT2D eigenvalue weighted by Crippen LogP contribution is 2.40. The highest BCUT2D eigenvalue weighted by molar-refractivity contribution is 6.15. The highest BCUT2D eigenvalue weighted by Gasteiger charge is 2.22. The molecular weight excluding hydrogens is 601 g/mol. The van der Waals surface area contributed by atoms with Gasteiger partial charge < -0.3 is 8.98 Å². The molecule has 5 nitrogen and oxygen atoms in total. The van der Waals surface area contributed by atoms with Crippen molar-refractivity contribution in [3.05, 3.63) is 158 Å². The Morgan fingerprint density at radius 3 is 1.84 bits per heavy atom. The first-order chi connectivity index (χ1) is 24.3. The van der Waals surface area contributed by atoms with Crippen LogP contribution < -0.4 is 0 Å². The zero-order valence-corrected chi connectivity index (χ0v) is 26.2. The van der Waals surface area contributed by atoms with Gasteiger partial charge in [-0.1, -0.05) is 103 Å². The average molecular weight is 627 g/mol. The molecule has 7 aromatic carbocycles. The van der Waals surface area contributed by atoms with Gasteiger partial charge in [0, 0.05) is 38.2 Å². The van der Waals surface area contributed by atoms with E-state index < -0.39 is 0 Å². The van der Waals surface area contributed by atoms with Crippen molar-refractivity contribution in [1.29, 1.82) is 0 Å². The van der Waals surface area contributed by atoms with E-state index in [1.807, 2.05) is 18.2 Å². The molecule has 0 aliphatic rings. The van der Waals surface area contributed by atoms with Gasteiger partial charge in [-0.15, -0.1) is 0 Å². The Labute approximate surface area is 279 Å². The van der Waals surface area contributed by atoms with Gasteiger partial charge in [-0.3, -0.25) is 4.57 Å². The van der Waals surface area contributed by atoms with Crippen LogP contribution >= 0.6 is 0 Å². The fourth-order valence-electron chi connectivity index (χ4n) is 7.77. The summed E-state index contributed by atoms with van der Waals surface area (Å²) in [5, 5.41) is 8.98. The zero-order valence-electron chi connectivity index (χ0n) is 26.2. The van der Waals surface area contributed by atoms with Gasteiger partial charge in [-0.25, -0.2) is 4.98 Å². The smallest absolute Gasteiger partial charge is 0.238 e. The van der Waals surface area contributed by atoms with Crippen molar-refractivity contribution in [2.75, 3.05) is 0 Å². The molecule has 49 heavy (non-hydrogen) atoms. The maximum atomic E-state index is 6.50. The van der Waals surface area contributed by atoms with Gasteiger partial charge in [0.1, 0.15) is 5.58 Å². The molecule has 228 valence electrons. The van der Waals surface area contributed by atoms with Gasteiger partial charge in [0.05, 0.1) is 33.1 Å². The molecule has 0 radical (unpaired) electrons. The van der Waals surface area contributed by atoms with E-state index in [1.54, 1.807) is 0 Å². The predicted molar refractivity (Wildman–Crippen MR) is 201 cm³/mol. The van der Waals surface area contributed by atoms with Crippen molar-refractivity contribution in [2.45, 2.75) is 0 Å². The number of furan rings is 1. The number of rotatable bonds is 3. The van der Waals surface area contributed by atoms with Crippen LogP contribution in [0.1, 0.15) is 0 Å². The first-order valence-electron chi connectivity index (χ1n) is 16.5. The van der Waals surface area contributed by atoms with Crippen molar-refractivity contribution < 1.29 is 4.42 Å². The van der Waals surface area contributed by atoms with Gasteiger partial charge in [0.2, 0.25) is 11.7 Å². The van der Waals surface area contributed by atoms with E-state index in [4.69, 9.17) is 14.4 Å². The van der Waals surface area contributed by atoms with Crippen LogP contribution in [-0.4, -0.2) is 19.1 Å². The number of fused-ring (bicyclic) bond motifs is 10. The first kappa shape index (κ1) is 26.4. The van der Waals surface area contributed by atoms with Crippen molar-refractivity contribution >= 4 is 76.5 Å². The summed E-state index contributed by atoms with van der Waals surface area (Å²) in [6.45, 7) is 0. The van der Waals surface area contributed by atoms with E-state index in [9.17, 15) is 0 Å². The van der Waals surface area contributed by atoms with E-state index >= 15 is 0 Å². The second-order valence-corrected chi connectivity index (χ2v) is 12.6. The molecule has 4 aromatic heterocycles. The summed E-state index contributed by atoms with van der Waals surface area (Å²) in [4.78, 5) is 10.6. The lowest BCUT2D eigenvalue weighted by atomic mass is 10.0. The van der Waals surface area contributed by atoms with Crippen molar-refractivity contribution in [1.82, 2.24) is 19.1 Å². The van der Waals surface area contributed by atoms with Gasteiger partial charge in [-0.2, -0.15) is 4.98 Å². The average Bonchev–Trinajstić information content (AvgIpc) is 3.81. The van der Waals surface area contributed by atoms with Gasteiger partial charge >= 0.3 is 0 Å². The van der Waals surface area contributed by atoms with Crippen LogP contribution in [0.25, 0.3) is 99.3 Å². The third kappa shape index (κ3) is 3.75. The topological polar surface area (TPSA) is 48.8 Å². The fraction of sp³-hybridized carbons (Fsp3) is 0. The van der Waals surface area contributed by atoms with Gasteiger partial charge in [0.15, 0.2) is 0 Å². The van der Waals surface area contributed by atoms with Crippen LogP contribution in [0, 0.1) is 0 Å². The molecule has 0 aliphatic carbocycles. The molecular formula is C44H26N4O. The summed E-state index contributed by atoms with van der Waals surface area (Å²) >= 11 is 0. The molecule has 4 heterocycles. The summed E-state index contributed by atoms with van der Waals surface area (Å²) in [5.74, 6) is 0.579. The third-order valence-electron chi connectivity index (χ3n) is 9.93. The number of aromatic nitrogens is 4. The summed E-state index contributed by atoms with van der Waals surface area (Å²) in [7, 11) is 0. The van der Waals surface area contributed by atoms with E-state index in [2.05, 4.69) is 149 Å². The van der Waals surface area contributed by atoms with Crippen LogP contribution in [0.2, 0.25) is 0 Å². The van der Waals surface area contributed by atoms with E-state index in [0.29, 0.717) is 11.7 Å². The Bertz CT molecular complexity index is 3110. The lowest BCUT2D eigenvalue weighted by Crippen LogP contribution is -2.03. The van der Waals surface area contributed by atoms with Crippen LogP contribution in [0.5, 0.6) is 0 Å². The van der Waals surface area contributed by atoms with Crippen molar-refractivity contribution in [2.24, 2.45) is 0 Å². The Kier molecular flexibility index (Phi) is 5.32. The molecule has 0 spiro atoms. The molecule has 0 fully saturated rings. The Balaban J connectivity index is 1.24. The van der Waals surface area contributed by atoms with E-state index in [1.165, 1.54) is 32.4 Å². The van der Waals surface area contributed by atoms with Crippen LogP contribution in [0.4, 0.5) is 0 Å². The second-order valence-electron chi connectivity index (χ2n) is 12.6. The van der Waals surface area contributed by atoms with Crippen LogP contribution in [0.3, 0.4) is 0 Å². The Hall–Kier alpha value is -6.72. The van der Waals surface area contributed by atoms with E-state index in [-0.39, 0.29) is 0 Å². The normalized spacial score (nSPS) is 12.1. The van der Waals surface area contributed by atoms with Crippen molar-refractivity contribution in [3.63, 3.8) is 0 Å². The first-order valence-corrected chi connectivity index (χ1v) is 16.5. The number of hydrogen-bond donors (Lipinski definition) is 0. The Morgan fingerprint density at radius 2 is 1.04 bits per heavy atom. The maximum absolute atomic E-state index is 6.50. The molecule has 0 amide bonds. The standard InChI is InChI=1S/C44H26N4O/c1-2-14-30(15-3-1)47-36-19-9-6-16-31(36)34-25-29(22-23-38(34)47)42-41-33-18-8-11-21-40(33)49-43(41)46-44(45-42)48-37-20-10-7-17-32(37)35-24-27-12-4-5-13-28(27)26-39(35)48/h1-26H. The maximum Gasteiger partial charge on any atom is 0.238 e. The quantitative estimate of drug-likeness (QED) is 0.196. The minimum atomic E-state index is 0.569. The minimum Gasteiger partial charge on any atom is -0.437 e. The molecule has 5 heteroatoms. The fourth-order valence-corrected chi connectivity index (χ4v) is 7.77.